The predicted octanol–water partition coefficient (Wildman–Crippen LogP) is 1.87. The van der Waals surface area contributed by atoms with Crippen molar-refractivity contribution in [1.82, 2.24) is 4.98 Å². The maximum absolute atomic E-state index is 13.1. The van der Waals surface area contributed by atoms with Crippen LogP contribution in [0, 0.1) is 5.82 Å². The van der Waals surface area contributed by atoms with Gasteiger partial charge < -0.3 is 9.84 Å². The third-order valence-corrected chi connectivity index (χ3v) is 1.61. The average molecular weight is 221 g/mol. The van der Waals surface area contributed by atoms with Crippen LogP contribution in [0.2, 0.25) is 0 Å². The number of carboxylic acid groups (broad SMARTS) is 1. The highest BCUT2D eigenvalue weighted by molar-refractivity contribution is 5.86. The molecule has 7 heteroatoms. The Balaban J connectivity index is 3.40. The topological polar surface area (TPSA) is 59.4 Å². The normalized spacial score (nSPS) is 10.5. The average Bonchev–Trinajstić information content (AvgIpc) is 2.17. The van der Waals surface area contributed by atoms with E-state index in [-0.39, 0.29) is 5.88 Å². The lowest BCUT2D eigenvalue weighted by Crippen LogP contribution is -2.08. The Morgan fingerprint density at radius 2 is 2.20 bits per heavy atom. The van der Waals surface area contributed by atoms with E-state index in [2.05, 4.69) is 9.72 Å². The number of halogens is 3. The molecular weight excluding hydrogens is 215 g/mol. The number of carbonyl (C=O) groups is 1. The fraction of sp³-hybridized carbons (Fsp3) is 0.250. The molecule has 1 rings (SSSR count). The molecule has 1 heterocycles. The number of hydrogen-bond donors (Lipinski definition) is 1. The van der Waals surface area contributed by atoms with Crippen molar-refractivity contribution < 1.29 is 27.8 Å². The van der Waals surface area contributed by atoms with Crippen LogP contribution in [-0.4, -0.2) is 23.2 Å². The smallest absolute Gasteiger partial charge is 0.357 e. The van der Waals surface area contributed by atoms with Crippen molar-refractivity contribution in [1.29, 1.82) is 0 Å². The zero-order valence-corrected chi connectivity index (χ0v) is 7.50. The highest BCUT2D eigenvalue weighted by Crippen LogP contribution is 2.26. The van der Waals surface area contributed by atoms with Crippen LogP contribution < -0.4 is 4.74 Å². The van der Waals surface area contributed by atoms with Crippen molar-refractivity contribution >= 4 is 5.97 Å². The molecule has 0 saturated carbocycles. The first kappa shape index (κ1) is 11.3. The van der Waals surface area contributed by atoms with Crippen molar-refractivity contribution in [3.05, 3.63) is 23.1 Å². The Bertz CT molecular complexity index is 395. The Kier molecular flexibility index (Phi) is 3.13. The van der Waals surface area contributed by atoms with Crippen LogP contribution in [0.25, 0.3) is 0 Å². The minimum atomic E-state index is -3.13. The van der Waals surface area contributed by atoms with Gasteiger partial charge in [-0.15, -0.1) is 0 Å². The van der Waals surface area contributed by atoms with Gasteiger partial charge in [-0.25, -0.2) is 22.9 Å². The van der Waals surface area contributed by atoms with Crippen molar-refractivity contribution in [2.75, 3.05) is 7.11 Å². The van der Waals surface area contributed by atoms with Crippen LogP contribution in [0.3, 0.4) is 0 Å². The molecule has 0 fully saturated rings. The summed E-state index contributed by atoms with van der Waals surface area (Å²) in [5.41, 5.74) is -2.12. The molecule has 4 nitrogen and oxygen atoms in total. The van der Waals surface area contributed by atoms with Gasteiger partial charge in [0.2, 0.25) is 5.88 Å². The van der Waals surface area contributed by atoms with Crippen molar-refractivity contribution in [2.45, 2.75) is 6.43 Å². The van der Waals surface area contributed by atoms with E-state index in [0.29, 0.717) is 6.07 Å². The summed E-state index contributed by atoms with van der Waals surface area (Å²) in [5, 5.41) is 8.49. The number of alkyl halides is 2. The summed E-state index contributed by atoms with van der Waals surface area (Å²) < 4.78 is 42.1. The van der Waals surface area contributed by atoms with E-state index >= 15 is 0 Å². The second-order valence-electron chi connectivity index (χ2n) is 2.52. The van der Waals surface area contributed by atoms with Gasteiger partial charge in [-0.05, 0) is 0 Å². The van der Waals surface area contributed by atoms with Crippen LogP contribution in [0.1, 0.15) is 22.5 Å². The van der Waals surface area contributed by atoms with E-state index in [1.807, 2.05) is 0 Å². The maximum Gasteiger partial charge on any atom is 0.357 e. The molecule has 0 aliphatic rings. The number of rotatable bonds is 3. The molecule has 1 N–H and O–H groups in total. The van der Waals surface area contributed by atoms with E-state index in [0.717, 1.165) is 7.11 Å². The first-order chi connectivity index (χ1) is 6.97. The summed E-state index contributed by atoms with van der Waals surface area (Å²) in [6.45, 7) is 0. The zero-order valence-electron chi connectivity index (χ0n) is 7.50. The highest BCUT2D eigenvalue weighted by atomic mass is 19.3. The molecule has 0 aliphatic carbocycles. The fourth-order valence-electron chi connectivity index (χ4n) is 0.930. The van der Waals surface area contributed by atoms with Gasteiger partial charge in [-0.3, -0.25) is 0 Å². The maximum atomic E-state index is 13.1. The number of carboxylic acids is 1. The third-order valence-electron chi connectivity index (χ3n) is 1.61. The molecule has 15 heavy (non-hydrogen) atoms. The monoisotopic (exact) mass is 221 g/mol. The Hall–Kier alpha value is -1.79. The summed E-state index contributed by atoms with van der Waals surface area (Å²) in [7, 11) is 1.11. The molecule has 0 saturated heterocycles. The van der Waals surface area contributed by atoms with E-state index < -0.39 is 29.5 Å². The van der Waals surface area contributed by atoms with Gasteiger partial charge in [0, 0.05) is 6.07 Å². The Morgan fingerprint density at radius 3 is 2.60 bits per heavy atom. The molecule has 0 amide bonds. The van der Waals surface area contributed by atoms with Crippen LogP contribution >= 0.6 is 0 Å². The first-order valence-corrected chi connectivity index (χ1v) is 3.73. The third kappa shape index (κ3) is 2.17. The van der Waals surface area contributed by atoms with Gasteiger partial charge in [0.25, 0.3) is 6.43 Å². The lowest BCUT2D eigenvalue weighted by molar-refractivity contribution is 0.0682. The first-order valence-electron chi connectivity index (χ1n) is 3.73. The van der Waals surface area contributed by atoms with Gasteiger partial charge in [-0.1, -0.05) is 0 Å². The van der Waals surface area contributed by atoms with Crippen LogP contribution in [0.5, 0.6) is 5.88 Å². The van der Waals surface area contributed by atoms with Gasteiger partial charge in [-0.2, -0.15) is 0 Å². The molecule has 0 aliphatic heterocycles. The van der Waals surface area contributed by atoms with E-state index in [1.54, 1.807) is 0 Å². The van der Waals surface area contributed by atoms with Gasteiger partial charge in [0.1, 0.15) is 0 Å². The molecule has 1 aromatic heterocycles. The standard InChI is InChI=1S/C8H6F3NO3/c1-15-4-2-3(7(10)11)5(9)6(12-4)8(13)14/h2,7H,1H3,(H,13,14). The van der Waals surface area contributed by atoms with Crippen LogP contribution in [0.4, 0.5) is 13.2 Å². The fourth-order valence-corrected chi connectivity index (χ4v) is 0.930. The van der Waals surface area contributed by atoms with E-state index in [1.165, 1.54) is 0 Å². The lowest BCUT2D eigenvalue weighted by atomic mass is 10.2. The summed E-state index contributed by atoms with van der Waals surface area (Å²) in [6.07, 6.45) is -3.13. The summed E-state index contributed by atoms with van der Waals surface area (Å²) in [6, 6.07) is 0.659. The molecule has 0 bridgehead atoms. The minimum absolute atomic E-state index is 0.371. The van der Waals surface area contributed by atoms with Crippen LogP contribution in [0.15, 0.2) is 6.07 Å². The molecule has 0 spiro atoms. The predicted molar refractivity (Wildman–Crippen MR) is 42.7 cm³/mol. The van der Waals surface area contributed by atoms with E-state index in [4.69, 9.17) is 5.11 Å². The van der Waals surface area contributed by atoms with Crippen LogP contribution in [-0.2, 0) is 0 Å². The minimum Gasteiger partial charge on any atom is -0.481 e. The van der Waals surface area contributed by atoms with Gasteiger partial charge in [0.05, 0.1) is 12.7 Å². The molecular formula is C8H6F3NO3. The zero-order chi connectivity index (χ0) is 11.6. The SMILES string of the molecule is COc1cc(C(F)F)c(F)c(C(=O)O)n1. The quantitative estimate of drug-likeness (QED) is 0.846. The number of aromatic nitrogens is 1. The number of pyridine rings is 1. The van der Waals surface area contributed by atoms with Crippen molar-refractivity contribution in [3.63, 3.8) is 0 Å². The number of nitrogens with zero attached hydrogens (tertiary/aromatic N) is 1. The largest absolute Gasteiger partial charge is 0.481 e. The summed E-state index contributed by atoms with van der Waals surface area (Å²) in [4.78, 5) is 13.7. The lowest BCUT2D eigenvalue weighted by Gasteiger charge is -2.06. The molecule has 82 valence electrons. The number of ether oxygens (including phenoxy) is 1. The van der Waals surface area contributed by atoms with E-state index in [9.17, 15) is 18.0 Å². The van der Waals surface area contributed by atoms with Crippen molar-refractivity contribution in [3.8, 4) is 5.88 Å². The second kappa shape index (κ2) is 4.16. The van der Waals surface area contributed by atoms with Crippen molar-refractivity contribution in [2.24, 2.45) is 0 Å². The molecule has 0 unspecified atom stereocenters. The second-order valence-corrected chi connectivity index (χ2v) is 2.52. The number of aromatic carboxylic acids is 1. The van der Waals surface area contributed by atoms with Gasteiger partial charge in [0.15, 0.2) is 11.5 Å². The molecule has 1 aromatic rings. The highest BCUT2D eigenvalue weighted by Gasteiger charge is 2.23. The summed E-state index contributed by atoms with van der Waals surface area (Å²) in [5.74, 6) is -3.64. The molecule has 0 atom stereocenters. The Morgan fingerprint density at radius 1 is 1.60 bits per heavy atom. The number of hydrogen-bond acceptors (Lipinski definition) is 3. The summed E-state index contributed by atoms with van der Waals surface area (Å²) >= 11 is 0. The van der Waals surface area contributed by atoms with Gasteiger partial charge >= 0.3 is 5.97 Å². The molecule has 0 radical (unpaired) electrons. The number of methoxy groups -OCH3 is 1. The molecule has 0 aromatic carbocycles. The Labute approximate surface area is 82.3 Å².